The third-order valence-corrected chi connectivity index (χ3v) is 3.20. The summed E-state index contributed by atoms with van der Waals surface area (Å²) in [4.78, 5) is 11.6. The minimum Gasteiger partial charge on any atom is -0.492 e. The monoisotopic (exact) mass is 336 g/mol. The maximum atomic E-state index is 13.4. The van der Waals surface area contributed by atoms with Gasteiger partial charge < -0.3 is 24.8 Å². The van der Waals surface area contributed by atoms with Crippen LogP contribution in [0.15, 0.2) is 36.4 Å². The van der Waals surface area contributed by atoms with E-state index in [1.54, 1.807) is 18.2 Å². The SMILES string of the molecule is O=C(NCCOc1ccc2c(c1)OCO2)Nc1c(F)cccc1F. The third-order valence-electron chi connectivity index (χ3n) is 3.20. The molecule has 2 N–H and O–H groups in total. The Kier molecular flexibility index (Phi) is 4.64. The first-order valence-corrected chi connectivity index (χ1v) is 7.15. The molecular weight excluding hydrogens is 322 g/mol. The molecule has 24 heavy (non-hydrogen) atoms. The Labute approximate surface area is 136 Å². The van der Waals surface area contributed by atoms with Gasteiger partial charge in [0.25, 0.3) is 0 Å². The lowest BCUT2D eigenvalue weighted by Gasteiger charge is -2.10. The predicted octanol–water partition coefficient (Wildman–Crippen LogP) is 2.89. The van der Waals surface area contributed by atoms with E-state index in [9.17, 15) is 13.6 Å². The Bertz CT molecular complexity index is 735. The molecule has 0 saturated heterocycles. The molecule has 0 aliphatic carbocycles. The van der Waals surface area contributed by atoms with Gasteiger partial charge in [0, 0.05) is 6.07 Å². The van der Waals surface area contributed by atoms with Gasteiger partial charge >= 0.3 is 6.03 Å². The Balaban J connectivity index is 1.44. The number of ether oxygens (including phenoxy) is 3. The average Bonchev–Trinajstić information content (AvgIpc) is 3.03. The van der Waals surface area contributed by atoms with Crippen LogP contribution < -0.4 is 24.8 Å². The van der Waals surface area contributed by atoms with Gasteiger partial charge in [0.1, 0.15) is 29.7 Å². The van der Waals surface area contributed by atoms with E-state index in [2.05, 4.69) is 10.6 Å². The number of anilines is 1. The van der Waals surface area contributed by atoms with Gasteiger partial charge in [-0.3, -0.25) is 0 Å². The van der Waals surface area contributed by atoms with Crippen molar-refractivity contribution in [2.45, 2.75) is 0 Å². The first kappa shape index (κ1) is 15.9. The van der Waals surface area contributed by atoms with Crippen LogP contribution in [-0.4, -0.2) is 26.0 Å². The Morgan fingerprint density at radius 2 is 1.88 bits per heavy atom. The molecule has 0 saturated carbocycles. The molecule has 0 spiro atoms. The maximum absolute atomic E-state index is 13.4. The largest absolute Gasteiger partial charge is 0.492 e. The Hall–Kier alpha value is -3.03. The van der Waals surface area contributed by atoms with Crippen LogP contribution in [0.2, 0.25) is 0 Å². The summed E-state index contributed by atoms with van der Waals surface area (Å²) in [6.45, 7) is 0.496. The number of benzene rings is 2. The van der Waals surface area contributed by atoms with Crippen LogP contribution in [0.25, 0.3) is 0 Å². The number of urea groups is 1. The van der Waals surface area contributed by atoms with E-state index in [4.69, 9.17) is 14.2 Å². The first-order chi connectivity index (χ1) is 11.6. The molecule has 2 aromatic rings. The molecule has 126 valence electrons. The van der Waals surface area contributed by atoms with E-state index in [0.717, 1.165) is 12.1 Å². The number of nitrogens with one attached hydrogen (secondary N) is 2. The summed E-state index contributed by atoms with van der Waals surface area (Å²) in [5.74, 6) is 0.102. The van der Waals surface area contributed by atoms with E-state index in [-0.39, 0.29) is 19.9 Å². The second kappa shape index (κ2) is 7.03. The van der Waals surface area contributed by atoms with Crippen molar-refractivity contribution < 1.29 is 27.8 Å². The van der Waals surface area contributed by atoms with Crippen molar-refractivity contribution in [1.82, 2.24) is 5.32 Å². The molecule has 6 nitrogen and oxygen atoms in total. The molecule has 0 atom stereocenters. The van der Waals surface area contributed by atoms with Crippen LogP contribution in [0, 0.1) is 11.6 Å². The molecule has 1 aliphatic heterocycles. The third kappa shape index (κ3) is 3.65. The smallest absolute Gasteiger partial charge is 0.319 e. The van der Waals surface area contributed by atoms with Crippen molar-refractivity contribution in [3.05, 3.63) is 48.0 Å². The van der Waals surface area contributed by atoms with Crippen LogP contribution in [0.5, 0.6) is 17.2 Å². The number of hydrogen-bond donors (Lipinski definition) is 2. The van der Waals surface area contributed by atoms with Crippen molar-refractivity contribution >= 4 is 11.7 Å². The summed E-state index contributed by atoms with van der Waals surface area (Å²) < 4.78 is 42.7. The molecule has 0 bridgehead atoms. The number of carbonyl (C=O) groups excluding carboxylic acids is 1. The lowest BCUT2D eigenvalue weighted by atomic mass is 10.3. The van der Waals surface area contributed by atoms with E-state index >= 15 is 0 Å². The topological polar surface area (TPSA) is 68.8 Å². The quantitative estimate of drug-likeness (QED) is 0.824. The lowest BCUT2D eigenvalue weighted by Crippen LogP contribution is -2.32. The number of fused-ring (bicyclic) bond motifs is 1. The van der Waals surface area contributed by atoms with Gasteiger partial charge in [0.2, 0.25) is 6.79 Å². The van der Waals surface area contributed by atoms with Gasteiger partial charge in [-0.2, -0.15) is 0 Å². The van der Waals surface area contributed by atoms with Gasteiger partial charge in [-0.15, -0.1) is 0 Å². The molecule has 8 heteroatoms. The summed E-state index contributed by atoms with van der Waals surface area (Å²) in [6.07, 6.45) is 0. The van der Waals surface area contributed by atoms with Crippen LogP contribution in [-0.2, 0) is 0 Å². The zero-order valence-electron chi connectivity index (χ0n) is 12.5. The van der Waals surface area contributed by atoms with E-state index in [1.165, 1.54) is 6.07 Å². The molecule has 2 aromatic carbocycles. The molecule has 3 rings (SSSR count). The number of halogens is 2. The van der Waals surface area contributed by atoms with Crippen molar-refractivity contribution in [1.29, 1.82) is 0 Å². The fourth-order valence-corrected chi connectivity index (χ4v) is 2.08. The van der Waals surface area contributed by atoms with Crippen LogP contribution in [0.1, 0.15) is 0 Å². The normalized spacial score (nSPS) is 11.9. The molecule has 2 amide bonds. The highest BCUT2D eigenvalue weighted by Crippen LogP contribution is 2.34. The van der Waals surface area contributed by atoms with Crippen molar-refractivity contribution in [2.24, 2.45) is 0 Å². The molecule has 0 radical (unpaired) electrons. The fraction of sp³-hybridized carbons (Fsp3) is 0.188. The summed E-state index contributed by atoms with van der Waals surface area (Å²) in [6, 6.07) is 7.71. The van der Waals surface area contributed by atoms with Gasteiger partial charge in [-0.05, 0) is 24.3 Å². The van der Waals surface area contributed by atoms with Crippen LogP contribution in [0.3, 0.4) is 0 Å². The van der Waals surface area contributed by atoms with Gasteiger partial charge in [0.15, 0.2) is 11.5 Å². The van der Waals surface area contributed by atoms with Crippen molar-refractivity contribution in [3.8, 4) is 17.2 Å². The standard InChI is InChI=1S/C16H14F2N2O4/c17-11-2-1-3-12(18)15(11)20-16(21)19-6-7-22-10-4-5-13-14(8-10)24-9-23-13/h1-5,8H,6-7,9H2,(H2,19,20,21). The summed E-state index contributed by atoms with van der Waals surface area (Å²) >= 11 is 0. The molecule has 1 heterocycles. The summed E-state index contributed by atoms with van der Waals surface area (Å²) in [7, 11) is 0. The highest BCUT2D eigenvalue weighted by atomic mass is 19.1. The number of rotatable bonds is 5. The van der Waals surface area contributed by atoms with E-state index < -0.39 is 23.4 Å². The summed E-state index contributed by atoms with van der Waals surface area (Å²) in [5, 5.41) is 4.56. The van der Waals surface area contributed by atoms with Crippen LogP contribution >= 0.6 is 0 Å². The van der Waals surface area contributed by atoms with Crippen LogP contribution in [0.4, 0.5) is 19.3 Å². The van der Waals surface area contributed by atoms with Crippen molar-refractivity contribution in [3.63, 3.8) is 0 Å². The number of carbonyl (C=O) groups is 1. The molecule has 0 unspecified atom stereocenters. The maximum Gasteiger partial charge on any atom is 0.319 e. The lowest BCUT2D eigenvalue weighted by molar-refractivity contribution is 0.173. The minimum absolute atomic E-state index is 0.149. The Morgan fingerprint density at radius 1 is 1.12 bits per heavy atom. The first-order valence-electron chi connectivity index (χ1n) is 7.15. The molecule has 0 fully saturated rings. The number of amides is 2. The fourth-order valence-electron chi connectivity index (χ4n) is 2.08. The number of para-hydroxylation sites is 1. The van der Waals surface area contributed by atoms with E-state index in [1.807, 2.05) is 0 Å². The van der Waals surface area contributed by atoms with Gasteiger partial charge in [0.05, 0.1) is 6.54 Å². The zero-order valence-corrected chi connectivity index (χ0v) is 12.5. The minimum atomic E-state index is -0.846. The second-order valence-electron chi connectivity index (χ2n) is 4.84. The van der Waals surface area contributed by atoms with Gasteiger partial charge in [-0.1, -0.05) is 6.07 Å². The summed E-state index contributed by atoms with van der Waals surface area (Å²) in [5.41, 5.74) is -0.494. The molecule has 1 aliphatic rings. The second-order valence-corrected chi connectivity index (χ2v) is 4.84. The average molecular weight is 336 g/mol. The predicted molar refractivity (Wildman–Crippen MR) is 81.4 cm³/mol. The number of hydrogen-bond acceptors (Lipinski definition) is 4. The Morgan fingerprint density at radius 3 is 2.67 bits per heavy atom. The highest BCUT2D eigenvalue weighted by Gasteiger charge is 2.14. The molecular formula is C16H14F2N2O4. The van der Waals surface area contributed by atoms with Gasteiger partial charge in [-0.25, -0.2) is 13.6 Å². The van der Waals surface area contributed by atoms with E-state index in [0.29, 0.717) is 17.2 Å². The van der Waals surface area contributed by atoms with Crippen molar-refractivity contribution in [2.75, 3.05) is 25.3 Å². The zero-order chi connectivity index (χ0) is 16.9. The molecule has 0 aromatic heterocycles. The highest BCUT2D eigenvalue weighted by molar-refractivity contribution is 5.89.